The molecular formula is H3CrO7P. The van der Waals surface area contributed by atoms with Crippen LogP contribution in [0.15, 0.2) is 0 Å². The molecule has 0 aliphatic carbocycles. The number of hydrogen-bond acceptors (Lipinski definition) is 4. The van der Waals surface area contributed by atoms with Crippen LogP contribution >= 0.6 is 7.82 Å². The molecule has 0 aromatic heterocycles. The molecule has 0 radical (unpaired) electrons. The average Bonchev–Trinajstić information content (AvgIpc) is 1.19. The first-order valence-electron chi connectivity index (χ1n) is 1.28. The zero-order valence-corrected chi connectivity index (χ0v) is 6.00. The molecule has 0 rings (SSSR count). The van der Waals surface area contributed by atoms with Crippen molar-refractivity contribution in [3.05, 3.63) is 0 Å². The van der Waals surface area contributed by atoms with Crippen molar-refractivity contribution in [2.45, 2.75) is 0 Å². The molecule has 56 valence electrons. The molecule has 9 heteroatoms. The summed E-state index contributed by atoms with van der Waals surface area (Å²) < 4.78 is 34.5. The molecule has 0 spiro atoms. The van der Waals surface area contributed by atoms with Crippen molar-refractivity contribution < 1.29 is 44.6 Å². The van der Waals surface area contributed by atoms with Crippen LogP contribution in [0.1, 0.15) is 0 Å². The van der Waals surface area contributed by atoms with E-state index in [0.717, 1.165) is 0 Å². The van der Waals surface area contributed by atoms with Gasteiger partial charge in [0.15, 0.2) is 0 Å². The fourth-order valence-corrected chi connectivity index (χ4v) is 0. The summed E-state index contributed by atoms with van der Waals surface area (Å²) in [5.74, 6) is 0. The third-order valence-electron chi connectivity index (χ3n) is 0. The van der Waals surface area contributed by atoms with Gasteiger partial charge in [0.25, 0.3) is 0 Å². The van der Waals surface area contributed by atoms with Crippen LogP contribution in [-0.2, 0) is 29.9 Å². The summed E-state index contributed by atoms with van der Waals surface area (Å²) in [6, 6.07) is 0. The van der Waals surface area contributed by atoms with E-state index in [1.165, 1.54) is 0 Å². The number of hydrogen-bond donors (Lipinski definition) is 3. The van der Waals surface area contributed by atoms with Gasteiger partial charge in [-0.2, -0.15) is 0 Å². The molecule has 0 atom stereocenters. The first-order valence-corrected chi connectivity index (χ1v) is 4.41. The molecule has 0 amide bonds. The molecule has 0 aliphatic rings. The summed E-state index contributed by atoms with van der Waals surface area (Å²) >= 11 is -3.79. The van der Waals surface area contributed by atoms with E-state index in [2.05, 4.69) is 0 Å². The maximum atomic E-state index is 8.88. The predicted molar refractivity (Wildman–Crippen MR) is 16.3 cm³/mol. The van der Waals surface area contributed by atoms with E-state index >= 15 is 0 Å². The molecule has 9 heavy (non-hydrogen) atoms. The van der Waals surface area contributed by atoms with E-state index in [9.17, 15) is 0 Å². The minimum absolute atomic E-state index is 3.79. The van der Waals surface area contributed by atoms with E-state index in [1.807, 2.05) is 0 Å². The van der Waals surface area contributed by atoms with Crippen LogP contribution < -0.4 is 0 Å². The Morgan fingerprint density at radius 2 is 1.00 bits per heavy atom. The van der Waals surface area contributed by atoms with Crippen molar-refractivity contribution in [1.82, 2.24) is 0 Å². The summed E-state index contributed by atoms with van der Waals surface area (Å²) in [6.45, 7) is 0. The molecule has 0 aromatic carbocycles. The normalized spacial score (nSPS) is 9.22. The first-order chi connectivity index (χ1) is 3.73. The van der Waals surface area contributed by atoms with Gasteiger partial charge in [-0.1, -0.05) is 0 Å². The second-order valence-electron chi connectivity index (χ2n) is 0.717. The van der Waals surface area contributed by atoms with Gasteiger partial charge in [-0.25, -0.2) is 4.57 Å². The molecule has 0 bridgehead atoms. The van der Waals surface area contributed by atoms with Crippen molar-refractivity contribution >= 4 is 7.82 Å². The maximum absolute atomic E-state index is 8.88. The fraction of sp³-hybridized carbons (Fsp3) is 0. The average molecular weight is 198 g/mol. The Kier molecular flexibility index (Phi) is 6.39. The molecule has 0 saturated heterocycles. The molecule has 0 fully saturated rings. The quantitative estimate of drug-likeness (QED) is 0.413. The molecule has 3 N–H and O–H groups in total. The van der Waals surface area contributed by atoms with Crippen molar-refractivity contribution in [3.63, 3.8) is 0 Å². The SMILES string of the molecule is O=P(O)(O)O.[O]=[Cr](=[O])=[O]. The topological polar surface area (TPSA) is 129 Å². The molecule has 0 heterocycles. The monoisotopic (exact) mass is 198 g/mol. The Morgan fingerprint density at radius 1 is 1.00 bits per heavy atom. The Balaban J connectivity index is 0. The van der Waals surface area contributed by atoms with Gasteiger partial charge in [0.05, 0.1) is 0 Å². The van der Waals surface area contributed by atoms with Gasteiger partial charge in [-0.05, 0) is 0 Å². The van der Waals surface area contributed by atoms with Crippen LogP contribution in [-0.4, -0.2) is 14.7 Å². The zero-order valence-electron chi connectivity index (χ0n) is 3.83. The van der Waals surface area contributed by atoms with Gasteiger partial charge < -0.3 is 14.7 Å². The Hall–Kier alpha value is 0.0425. The fourth-order valence-electron chi connectivity index (χ4n) is 0. The van der Waals surface area contributed by atoms with Gasteiger partial charge in [-0.3, -0.25) is 0 Å². The zero-order chi connectivity index (χ0) is 8.08. The molecule has 0 aliphatic heterocycles. The third kappa shape index (κ3) is 163000. The van der Waals surface area contributed by atoms with E-state index in [1.54, 1.807) is 0 Å². The number of phosphoric acid groups is 1. The van der Waals surface area contributed by atoms with Gasteiger partial charge in [0.2, 0.25) is 0 Å². The van der Waals surface area contributed by atoms with Gasteiger partial charge in [0.1, 0.15) is 0 Å². The molecule has 0 saturated carbocycles. The van der Waals surface area contributed by atoms with Crippen LogP contribution in [0.4, 0.5) is 0 Å². The Labute approximate surface area is 53.2 Å². The second kappa shape index (κ2) is 4.88. The minimum atomic E-state index is -4.64. The van der Waals surface area contributed by atoms with Crippen LogP contribution in [0.2, 0.25) is 0 Å². The first kappa shape index (κ1) is 11.8. The second-order valence-corrected chi connectivity index (χ2v) is 2.38. The van der Waals surface area contributed by atoms with E-state index in [-0.39, 0.29) is 0 Å². The van der Waals surface area contributed by atoms with E-state index in [0.29, 0.717) is 0 Å². The van der Waals surface area contributed by atoms with Crippen LogP contribution in [0, 0.1) is 0 Å². The summed E-state index contributed by atoms with van der Waals surface area (Å²) in [4.78, 5) is 21.6. The van der Waals surface area contributed by atoms with Gasteiger partial charge >= 0.3 is 33.2 Å². The van der Waals surface area contributed by atoms with E-state index in [4.69, 9.17) is 30.7 Å². The summed E-state index contributed by atoms with van der Waals surface area (Å²) in [7, 11) is -4.64. The van der Waals surface area contributed by atoms with Crippen LogP contribution in [0.25, 0.3) is 0 Å². The molecule has 0 aromatic rings. The molecule has 7 nitrogen and oxygen atoms in total. The van der Waals surface area contributed by atoms with E-state index < -0.39 is 21.8 Å². The van der Waals surface area contributed by atoms with Crippen LogP contribution in [0.3, 0.4) is 0 Å². The van der Waals surface area contributed by atoms with Crippen LogP contribution in [0.5, 0.6) is 0 Å². The Bertz CT molecular complexity index is 173. The number of rotatable bonds is 0. The van der Waals surface area contributed by atoms with Crippen molar-refractivity contribution in [3.8, 4) is 0 Å². The van der Waals surface area contributed by atoms with Gasteiger partial charge in [-0.15, -0.1) is 0 Å². The summed E-state index contributed by atoms with van der Waals surface area (Å²) in [5.41, 5.74) is 0. The van der Waals surface area contributed by atoms with Crippen molar-refractivity contribution in [1.29, 1.82) is 0 Å². The third-order valence-corrected chi connectivity index (χ3v) is 0. The van der Waals surface area contributed by atoms with Crippen molar-refractivity contribution in [2.75, 3.05) is 0 Å². The van der Waals surface area contributed by atoms with Crippen molar-refractivity contribution in [2.24, 2.45) is 0 Å². The standard InChI is InChI=1S/Cr.H3O4P.3O/c;1-5(2,3)4;;;/h;(H3,1,2,3,4);;;. The predicted octanol–water partition coefficient (Wildman–Crippen LogP) is -1.29. The summed E-state index contributed by atoms with van der Waals surface area (Å²) in [6.07, 6.45) is 0. The molecule has 0 unspecified atom stereocenters. The Morgan fingerprint density at radius 3 is 1.00 bits per heavy atom. The summed E-state index contributed by atoms with van der Waals surface area (Å²) in [5, 5.41) is 0. The van der Waals surface area contributed by atoms with Gasteiger partial charge in [0, 0.05) is 0 Å². The molecular weight excluding hydrogens is 195 g/mol.